The Morgan fingerprint density at radius 3 is 1.75 bits per heavy atom. The van der Waals surface area contributed by atoms with E-state index in [9.17, 15) is 43.9 Å². The second kappa shape index (κ2) is 6.61. The molecule has 0 unspecified atom stereocenters. The third-order valence-electron chi connectivity index (χ3n) is 2.66. The van der Waals surface area contributed by atoms with Gasteiger partial charge in [0.25, 0.3) is 11.8 Å². The van der Waals surface area contributed by atoms with Crippen molar-refractivity contribution >= 4 is 0 Å². The first kappa shape index (κ1) is 20.3. The lowest BCUT2D eigenvalue weighted by Crippen LogP contribution is -2.51. The van der Waals surface area contributed by atoms with Crippen LogP contribution in [0.5, 0.6) is 5.88 Å². The highest BCUT2D eigenvalue weighted by Gasteiger charge is 2.76. The molecule has 0 aliphatic heterocycles. The van der Waals surface area contributed by atoms with Crippen LogP contribution >= 0.6 is 0 Å². The van der Waals surface area contributed by atoms with Crippen LogP contribution in [0.3, 0.4) is 0 Å². The van der Waals surface area contributed by atoms with Crippen LogP contribution < -0.4 is 4.74 Å². The van der Waals surface area contributed by atoms with Gasteiger partial charge in [0.2, 0.25) is 0 Å². The topological polar surface area (TPSA) is 31.4 Å². The van der Waals surface area contributed by atoms with E-state index >= 15 is 0 Å². The second-order valence-corrected chi connectivity index (χ2v) is 4.21. The molecule has 0 spiro atoms. The van der Waals surface area contributed by atoms with Gasteiger partial charge < -0.3 is 9.47 Å². The summed E-state index contributed by atoms with van der Waals surface area (Å²) in [5, 5.41) is 0. The van der Waals surface area contributed by atoms with Crippen LogP contribution in [0.2, 0.25) is 0 Å². The normalized spacial score (nSPS) is 13.3. The minimum atomic E-state index is -6.84. The van der Waals surface area contributed by atoms with E-state index in [4.69, 9.17) is 0 Å². The van der Waals surface area contributed by atoms with Crippen molar-refractivity contribution in [2.24, 2.45) is 0 Å². The highest BCUT2D eigenvalue weighted by Crippen LogP contribution is 2.55. The van der Waals surface area contributed by atoms with E-state index < -0.39 is 53.7 Å². The summed E-state index contributed by atoms with van der Waals surface area (Å²) < 4.78 is 138. The van der Waals surface area contributed by atoms with Crippen LogP contribution in [0.1, 0.15) is 5.56 Å². The molecule has 1 rings (SSSR count). The van der Waals surface area contributed by atoms with Gasteiger partial charge in [-0.1, -0.05) is 0 Å². The summed E-state index contributed by atoms with van der Waals surface area (Å²) in [6, 6.07) is 0. The maximum absolute atomic E-state index is 13.8. The molecule has 0 fully saturated rings. The van der Waals surface area contributed by atoms with E-state index in [0.29, 0.717) is 0 Å². The maximum Gasteiger partial charge on any atom is 0.436 e. The molecule has 0 aliphatic rings. The van der Waals surface area contributed by atoms with E-state index in [1.165, 1.54) is 0 Å². The van der Waals surface area contributed by atoms with Gasteiger partial charge in [0.15, 0.2) is 11.6 Å². The molecule has 0 aromatic carbocycles. The zero-order valence-electron chi connectivity index (χ0n) is 11.5. The molecule has 24 heavy (non-hydrogen) atoms. The molecule has 13 heteroatoms. The Balaban J connectivity index is 3.66. The molecule has 3 nitrogen and oxygen atoms in total. The van der Waals surface area contributed by atoms with Crippen molar-refractivity contribution in [2.75, 3.05) is 20.3 Å². The van der Waals surface area contributed by atoms with E-state index in [-0.39, 0.29) is 6.61 Å². The number of ether oxygens (including phenoxy) is 2. The molecule has 0 radical (unpaired) electrons. The summed E-state index contributed by atoms with van der Waals surface area (Å²) in [7, 11) is 1.10. The van der Waals surface area contributed by atoms with Gasteiger partial charge >= 0.3 is 18.0 Å². The van der Waals surface area contributed by atoms with Gasteiger partial charge in [-0.05, 0) is 0 Å². The SMILES string of the molecule is COCCOc1nc(F)c(F)c(C(F)(C(F)(F)F)C(F)(F)F)c1F. The van der Waals surface area contributed by atoms with E-state index in [0.717, 1.165) is 7.11 Å². The minimum absolute atomic E-state index is 0.352. The lowest BCUT2D eigenvalue weighted by molar-refractivity contribution is -0.350. The maximum atomic E-state index is 13.8. The lowest BCUT2D eigenvalue weighted by atomic mass is 9.94. The predicted octanol–water partition coefficient (Wildman–Crippen LogP) is 3.81. The summed E-state index contributed by atoms with van der Waals surface area (Å²) in [6.07, 6.45) is -13.7. The number of nitrogens with zero attached hydrogens (tertiary/aromatic N) is 1. The van der Waals surface area contributed by atoms with Crippen LogP contribution in [0.25, 0.3) is 0 Å². The van der Waals surface area contributed by atoms with Crippen molar-refractivity contribution < 1.29 is 53.4 Å². The van der Waals surface area contributed by atoms with Crippen LogP contribution in [0.15, 0.2) is 0 Å². The van der Waals surface area contributed by atoms with E-state index in [1.54, 1.807) is 0 Å². The summed E-state index contributed by atoms with van der Waals surface area (Å²) in [5.74, 6) is -10.2. The number of hydrogen-bond donors (Lipinski definition) is 0. The molecule has 138 valence electrons. The van der Waals surface area contributed by atoms with Crippen molar-refractivity contribution in [3.05, 3.63) is 23.1 Å². The van der Waals surface area contributed by atoms with Gasteiger partial charge in [-0.25, -0.2) is 13.2 Å². The average Bonchev–Trinajstić information content (AvgIpc) is 2.42. The number of aromatic nitrogens is 1. The molecule has 0 N–H and O–H groups in total. The molecule has 0 atom stereocenters. The Labute approximate surface area is 127 Å². The first-order valence-electron chi connectivity index (χ1n) is 5.78. The predicted molar refractivity (Wildman–Crippen MR) is 56.4 cm³/mol. The lowest BCUT2D eigenvalue weighted by Gasteiger charge is -2.30. The third-order valence-corrected chi connectivity index (χ3v) is 2.66. The zero-order chi connectivity index (χ0) is 18.9. The highest BCUT2D eigenvalue weighted by atomic mass is 19.4. The summed E-state index contributed by atoms with van der Waals surface area (Å²) in [4.78, 5) is 2.39. The minimum Gasteiger partial charge on any atom is -0.473 e. The van der Waals surface area contributed by atoms with Crippen molar-refractivity contribution in [3.63, 3.8) is 0 Å². The molecule has 1 heterocycles. The number of pyridine rings is 1. The second-order valence-electron chi connectivity index (χ2n) is 4.21. The van der Waals surface area contributed by atoms with Gasteiger partial charge in [-0.2, -0.15) is 35.7 Å². The molecule has 1 aromatic heterocycles. The van der Waals surface area contributed by atoms with Crippen LogP contribution in [0, 0.1) is 17.6 Å². The number of methoxy groups -OCH3 is 1. The molecule has 0 aliphatic carbocycles. The monoisotopic (exact) mass is 375 g/mol. The van der Waals surface area contributed by atoms with Gasteiger partial charge in [0.1, 0.15) is 6.61 Å². The standard InChI is InChI=1S/C11H7F10NO2/c1-23-2-3-24-8-6(13)4(5(12)7(14)22-8)9(15,10(16,17)18)11(19,20)21/h2-3H2,1H3. The van der Waals surface area contributed by atoms with Gasteiger partial charge in [0, 0.05) is 7.11 Å². The van der Waals surface area contributed by atoms with Gasteiger partial charge in [-0.3, -0.25) is 0 Å². The van der Waals surface area contributed by atoms with Gasteiger partial charge in [0.05, 0.1) is 12.2 Å². The molecule has 1 aromatic rings. The van der Waals surface area contributed by atoms with Gasteiger partial charge in [-0.15, -0.1) is 0 Å². The fraction of sp³-hybridized carbons (Fsp3) is 0.545. The molecular formula is C11H7F10NO2. The van der Waals surface area contributed by atoms with Crippen LogP contribution in [-0.4, -0.2) is 37.7 Å². The smallest absolute Gasteiger partial charge is 0.436 e. The summed E-state index contributed by atoms with van der Waals surface area (Å²) in [6.45, 7) is -1.04. The zero-order valence-corrected chi connectivity index (χ0v) is 11.5. The Hall–Kier alpha value is -1.79. The molecule has 0 bridgehead atoms. The quantitative estimate of drug-likeness (QED) is 0.446. The van der Waals surface area contributed by atoms with E-state index in [2.05, 4.69) is 14.5 Å². The fourth-order valence-corrected chi connectivity index (χ4v) is 1.56. The molecule has 0 saturated carbocycles. The summed E-state index contributed by atoms with van der Waals surface area (Å²) >= 11 is 0. The van der Waals surface area contributed by atoms with Crippen LogP contribution in [-0.2, 0) is 10.4 Å². The van der Waals surface area contributed by atoms with E-state index in [1.807, 2.05) is 0 Å². The Morgan fingerprint density at radius 2 is 1.33 bits per heavy atom. The number of alkyl halides is 7. The fourth-order valence-electron chi connectivity index (χ4n) is 1.56. The van der Waals surface area contributed by atoms with Crippen LogP contribution in [0.4, 0.5) is 43.9 Å². The van der Waals surface area contributed by atoms with Crippen molar-refractivity contribution in [1.29, 1.82) is 0 Å². The highest BCUT2D eigenvalue weighted by molar-refractivity contribution is 5.34. The van der Waals surface area contributed by atoms with Crippen molar-refractivity contribution in [1.82, 2.24) is 4.98 Å². The van der Waals surface area contributed by atoms with Crippen molar-refractivity contribution in [2.45, 2.75) is 18.0 Å². The molecule has 0 saturated heterocycles. The first-order valence-corrected chi connectivity index (χ1v) is 5.78. The first-order chi connectivity index (χ1) is 10.8. The largest absolute Gasteiger partial charge is 0.473 e. The van der Waals surface area contributed by atoms with Crippen molar-refractivity contribution in [3.8, 4) is 5.88 Å². The Bertz CT molecular complexity index is 584. The number of halogens is 10. The number of hydrogen-bond acceptors (Lipinski definition) is 3. The summed E-state index contributed by atoms with van der Waals surface area (Å²) in [5.41, 5.74) is -9.76. The molecular weight excluding hydrogens is 368 g/mol. The average molecular weight is 375 g/mol. The Morgan fingerprint density at radius 1 is 0.833 bits per heavy atom. The number of rotatable bonds is 5. The Kier molecular flexibility index (Phi) is 5.58. The third kappa shape index (κ3) is 3.35. The molecule has 0 amide bonds.